The number of carbonyl (C=O) groups excluding carboxylic acids is 1. The largest absolute Gasteiger partial charge is 0.321 e. The number of benzene rings is 2. The quantitative estimate of drug-likeness (QED) is 0.659. The molecule has 3 aromatic rings. The lowest BCUT2D eigenvalue weighted by molar-refractivity contribution is 0.102. The van der Waals surface area contributed by atoms with E-state index in [0.29, 0.717) is 21.9 Å². The number of para-hydroxylation sites is 2. The van der Waals surface area contributed by atoms with Crippen LogP contribution in [0.5, 0.6) is 0 Å². The fourth-order valence-corrected chi connectivity index (χ4v) is 2.67. The number of carbonyl (C=O) groups is 1. The lowest BCUT2D eigenvalue weighted by Gasteiger charge is -2.09. The molecule has 5 heteroatoms. The molecule has 1 aromatic heterocycles. The van der Waals surface area contributed by atoms with Gasteiger partial charge in [-0.25, -0.2) is 4.98 Å². The predicted molar refractivity (Wildman–Crippen MR) is 88.8 cm³/mol. The number of aromatic nitrogens is 1. The Kier molecular flexibility index (Phi) is 3.90. The van der Waals surface area contributed by atoms with Crippen LogP contribution >= 0.6 is 27.5 Å². The van der Waals surface area contributed by atoms with E-state index in [1.807, 2.05) is 48.5 Å². The first-order valence-electron chi connectivity index (χ1n) is 6.26. The molecule has 21 heavy (non-hydrogen) atoms. The second-order valence-corrected chi connectivity index (χ2v) is 5.69. The highest BCUT2D eigenvalue weighted by Gasteiger charge is 2.13. The van der Waals surface area contributed by atoms with Crippen molar-refractivity contribution < 1.29 is 4.79 Å². The molecule has 104 valence electrons. The molecule has 3 rings (SSSR count). The van der Waals surface area contributed by atoms with Crippen LogP contribution in [0.2, 0.25) is 5.15 Å². The van der Waals surface area contributed by atoms with Crippen molar-refractivity contribution in [3.63, 3.8) is 0 Å². The highest BCUT2D eigenvalue weighted by Crippen LogP contribution is 2.25. The van der Waals surface area contributed by atoms with Gasteiger partial charge in [0.25, 0.3) is 5.91 Å². The second kappa shape index (κ2) is 5.84. The Morgan fingerprint density at radius 2 is 1.81 bits per heavy atom. The van der Waals surface area contributed by atoms with Crippen LogP contribution in [0.4, 0.5) is 5.69 Å². The zero-order chi connectivity index (χ0) is 14.8. The van der Waals surface area contributed by atoms with Gasteiger partial charge in [-0.1, -0.05) is 41.9 Å². The van der Waals surface area contributed by atoms with Gasteiger partial charge in [-0.2, -0.15) is 0 Å². The number of rotatable bonds is 2. The first-order valence-corrected chi connectivity index (χ1v) is 7.43. The minimum atomic E-state index is -0.220. The van der Waals surface area contributed by atoms with Crippen LogP contribution in [0, 0.1) is 0 Å². The summed E-state index contributed by atoms with van der Waals surface area (Å²) in [5.41, 5.74) is 1.91. The summed E-state index contributed by atoms with van der Waals surface area (Å²) >= 11 is 9.41. The number of fused-ring (bicyclic) bond motifs is 1. The molecule has 0 aliphatic carbocycles. The molecule has 0 radical (unpaired) electrons. The number of halogens is 2. The first-order chi connectivity index (χ1) is 10.1. The molecule has 3 nitrogen and oxygen atoms in total. The molecule has 0 saturated heterocycles. The monoisotopic (exact) mass is 360 g/mol. The molecule has 1 amide bonds. The molecule has 1 N–H and O–H groups in total. The maximum atomic E-state index is 12.5. The Morgan fingerprint density at radius 1 is 1.10 bits per heavy atom. The van der Waals surface area contributed by atoms with E-state index in [9.17, 15) is 4.79 Å². The van der Waals surface area contributed by atoms with Crippen molar-refractivity contribution in [2.45, 2.75) is 0 Å². The van der Waals surface area contributed by atoms with Crippen LogP contribution in [-0.4, -0.2) is 10.9 Å². The highest BCUT2D eigenvalue weighted by atomic mass is 79.9. The topological polar surface area (TPSA) is 42.0 Å². The van der Waals surface area contributed by atoms with Crippen molar-refractivity contribution in [2.24, 2.45) is 0 Å². The number of anilines is 1. The Balaban J connectivity index is 2.04. The van der Waals surface area contributed by atoms with E-state index in [2.05, 4.69) is 26.2 Å². The van der Waals surface area contributed by atoms with E-state index >= 15 is 0 Å². The summed E-state index contributed by atoms with van der Waals surface area (Å²) in [6.07, 6.45) is 0. The molecule has 0 bridgehead atoms. The summed E-state index contributed by atoms with van der Waals surface area (Å²) in [5, 5.41) is 3.94. The summed E-state index contributed by atoms with van der Waals surface area (Å²) in [6.45, 7) is 0. The molecular weight excluding hydrogens is 352 g/mol. The Morgan fingerprint density at radius 3 is 2.62 bits per heavy atom. The summed E-state index contributed by atoms with van der Waals surface area (Å²) in [5.74, 6) is -0.220. The van der Waals surface area contributed by atoms with E-state index in [1.165, 1.54) is 0 Å². The second-order valence-electron chi connectivity index (χ2n) is 4.44. The third-order valence-corrected chi connectivity index (χ3v) is 3.94. The van der Waals surface area contributed by atoms with Gasteiger partial charge in [0.1, 0.15) is 5.15 Å². The number of hydrogen-bond donors (Lipinski definition) is 1. The lowest BCUT2D eigenvalue weighted by Crippen LogP contribution is -2.13. The number of nitrogens with zero attached hydrogens (tertiary/aromatic N) is 1. The Labute approximate surface area is 135 Å². The third kappa shape index (κ3) is 2.91. The fourth-order valence-electron chi connectivity index (χ4n) is 2.08. The van der Waals surface area contributed by atoms with E-state index in [4.69, 9.17) is 11.6 Å². The average Bonchev–Trinajstić information content (AvgIpc) is 2.48. The Hall–Kier alpha value is -1.91. The van der Waals surface area contributed by atoms with Crippen molar-refractivity contribution in [1.29, 1.82) is 0 Å². The molecule has 2 aromatic carbocycles. The van der Waals surface area contributed by atoms with Gasteiger partial charge in [-0.15, -0.1) is 0 Å². The summed E-state index contributed by atoms with van der Waals surface area (Å²) in [4.78, 5) is 16.7. The zero-order valence-electron chi connectivity index (χ0n) is 10.8. The molecule has 1 heterocycles. The highest BCUT2D eigenvalue weighted by molar-refractivity contribution is 9.10. The first kappa shape index (κ1) is 14.0. The van der Waals surface area contributed by atoms with Crippen LogP contribution in [0.25, 0.3) is 10.9 Å². The molecular formula is C16H10BrClN2O. The number of pyridine rings is 1. The summed E-state index contributed by atoms with van der Waals surface area (Å²) in [6, 6.07) is 16.4. The van der Waals surface area contributed by atoms with Gasteiger partial charge in [-0.05, 0) is 40.2 Å². The summed E-state index contributed by atoms with van der Waals surface area (Å²) < 4.78 is 0.822. The molecule has 0 saturated carbocycles. The van der Waals surface area contributed by atoms with Crippen molar-refractivity contribution in [1.82, 2.24) is 4.98 Å². The predicted octanol–water partition coefficient (Wildman–Crippen LogP) is 4.90. The summed E-state index contributed by atoms with van der Waals surface area (Å²) in [7, 11) is 0. The maximum Gasteiger partial charge on any atom is 0.256 e. The van der Waals surface area contributed by atoms with Crippen LogP contribution in [0.15, 0.2) is 59.1 Å². The van der Waals surface area contributed by atoms with Crippen LogP contribution in [0.1, 0.15) is 10.4 Å². The molecule has 0 fully saturated rings. The van der Waals surface area contributed by atoms with Crippen LogP contribution in [0.3, 0.4) is 0 Å². The zero-order valence-corrected chi connectivity index (χ0v) is 13.1. The van der Waals surface area contributed by atoms with Gasteiger partial charge >= 0.3 is 0 Å². The van der Waals surface area contributed by atoms with Crippen molar-refractivity contribution in [2.75, 3.05) is 5.32 Å². The SMILES string of the molecule is O=C(Nc1ccccc1Br)c1cc(Cl)nc2ccccc12. The van der Waals surface area contributed by atoms with Crippen LogP contribution < -0.4 is 5.32 Å². The van der Waals surface area contributed by atoms with Crippen LogP contribution in [-0.2, 0) is 0 Å². The minimum absolute atomic E-state index is 0.220. The van der Waals surface area contributed by atoms with E-state index in [-0.39, 0.29) is 5.91 Å². The van der Waals surface area contributed by atoms with Crippen molar-refractivity contribution in [3.8, 4) is 0 Å². The number of nitrogens with one attached hydrogen (secondary N) is 1. The minimum Gasteiger partial charge on any atom is -0.321 e. The van der Waals surface area contributed by atoms with Gasteiger partial charge in [0, 0.05) is 9.86 Å². The van der Waals surface area contributed by atoms with Gasteiger partial charge < -0.3 is 5.32 Å². The van der Waals surface area contributed by atoms with Crippen molar-refractivity contribution in [3.05, 3.63) is 69.8 Å². The fraction of sp³-hybridized carbons (Fsp3) is 0. The molecule has 0 unspecified atom stereocenters. The average molecular weight is 362 g/mol. The van der Waals surface area contributed by atoms with E-state index in [0.717, 1.165) is 9.86 Å². The molecule has 0 atom stereocenters. The molecule has 0 aliphatic rings. The normalized spacial score (nSPS) is 10.6. The van der Waals surface area contributed by atoms with Gasteiger partial charge in [0.2, 0.25) is 0 Å². The Bertz CT molecular complexity index is 835. The number of amides is 1. The van der Waals surface area contributed by atoms with E-state index in [1.54, 1.807) is 6.07 Å². The van der Waals surface area contributed by atoms with Gasteiger partial charge in [-0.3, -0.25) is 4.79 Å². The molecule has 0 spiro atoms. The standard InChI is InChI=1S/C16H10BrClN2O/c17-12-6-2-4-8-14(12)20-16(21)11-9-15(18)19-13-7-3-1-5-10(11)13/h1-9H,(H,20,21). The van der Waals surface area contributed by atoms with Gasteiger partial charge in [0.05, 0.1) is 16.8 Å². The smallest absolute Gasteiger partial charge is 0.256 e. The lowest BCUT2D eigenvalue weighted by atomic mass is 10.1. The molecule has 0 aliphatic heterocycles. The maximum absolute atomic E-state index is 12.5. The third-order valence-electron chi connectivity index (χ3n) is 3.05. The van der Waals surface area contributed by atoms with Gasteiger partial charge in [0.15, 0.2) is 0 Å². The van der Waals surface area contributed by atoms with E-state index < -0.39 is 0 Å². The van der Waals surface area contributed by atoms with Crippen molar-refractivity contribution >= 4 is 50.0 Å². The number of hydrogen-bond acceptors (Lipinski definition) is 2.